The number of rotatable bonds is 5. The summed E-state index contributed by atoms with van der Waals surface area (Å²) in [6, 6.07) is 0.275. The summed E-state index contributed by atoms with van der Waals surface area (Å²) in [5, 5.41) is 16.4. The molecule has 0 atom stereocenters. The van der Waals surface area contributed by atoms with Gasteiger partial charge >= 0.3 is 5.97 Å². The fraction of sp³-hybridized carbons (Fsp3) is 0.769. The van der Waals surface area contributed by atoms with E-state index in [0.717, 1.165) is 26.2 Å². The van der Waals surface area contributed by atoms with Crippen molar-refractivity contribution in [3.05, 3.63) is 11.9 Å². The van der Waals surface area contributed by atoms with Gasteiger partial charge in [0.15, 0.2) is 5.69 Å². The van der Waals surface area contributed by atoms with Gasteiger partial charge in [0.1, 0.15) is 0 Å². The second-order valence-electron chi connectivity index (χ2n) is 5.70. The fourth-order valence-electron chi connectivity index (χ4n) is 2.91. The third-order valence-electron chi connectivity index (χ3n) is 4.22. The largest absolute Gasteiger partial charge is 0.476 e. The van der Waals surface area contributed by atoms with Crippen LogP contribution in [0.5, 0.6) is 0 Å². The van der Waals surface area contributed by atoms with E-state index in [4.69, 9.17) is 5.11 Å². The summed E-state index contributed by atoms with van der Waals surface area (Å²) in [5.74, 6) is -1.02. The summed E-state index contributed by atoms with van der Waals surface area (Å²) < 4.78 is 1.68. The van der Waals surface area contributed by atoms with Crippen molar-refractivity contribution in [3.8, 4) is 0 Å². The highest BCUT2D eigenvalue weighted by atomic mass is 16.4. The van der Waals surface area contributed by atoms with Crippen molar-refractivity contribution in [1.29, 1.82) is 0 Å². The maximum atomic E-state index is 10.8. The lowest BCUT2D eigenvalue weighted by atomic mass is 10.1. The maximum Gasteiger partial charge on any atom is 0.358 e. The number of carbonyl (C=O) groups is 1. The molecule has 3 heterocycles. The van der Waals surface area contributed by atoms with E-state index >= 15 is 0 Å². The number of piperidine rings is 1. The predicted octanol–water partition coefficient (Wildman–Crippen LogP) is 0.319. The van der Waals surface area contributed by atoms with E-state index in [0.29, 0.717) is 0 Å². The van der Waals surface area contributed by atoms with E-state index in [1.165, 1.54) is 38.5 Å². The molecule has 2 fully saturated rings. The molecule has 3 rings (SSSR count). The molecule has 0 saturated carbocycles. The normalized spacial score (nSPS) is 21.8. The molecule has 1 aromatic heterocycles. The quantitative estimate of drug-likeness (QED) is 0.836. The Balaban J connectivity index is 1.40. The smallest absolute Gasteiger partial charge is 0.358 e. The van der Waals surface area contributed by atoms with Crippen LogP contribution < -0.4 is 0 Å². The van der Waals surface area contributed by atoms with Crippen LogP contribution >= 0.6 is 0 Å². The van der Waals surface area contributed by atoms with Crippen LogP contribution in [0.3, 0.4) is 0 Å². The second-order valence-corrected chi connectivity index (χ2v) is 5.70. The number of likely N-dealkylation sites (tertiary alicyclic amines) is 2. The van der Waals surface area contributed by atoms with Gasteiger partial charge in [0, 0.05) is 26.2 Å². The number of nitrogens with zero attached hydrogens (tertiary/aromatic N) is 5. The van der Waals surface area contributed by atoms with E-state index in [2.05, 4.69) is 20.1 Å². The van der Waals surface area contributed by atoms with Gasteiger partial charge in [0.05, 0.1) is 12.2 Å². The van der Waals surface area contributed by atoms with Crippen molar-refractivity contribution >= 4 is 5.97 Å². The Bertz CT molecular complexity index is 463. The van der Waals surface area contributed by atoms with Crippen LogP contribution in [0, 0.1) is 0 Å². The molecule has 2 aliphatic heterocycles. The van der Waals surface area contributed by atoms with Gasteiger partial charge in [-0.1, -0.05) is 11.6 Å². The zero-order valence-corrected chi connectivity index (χ0v) is 11.6. The van der Waals surface area contributed by atoms with Crippen LogP contribution in [0.1, 0.15) is 35.8 Å². The number of hydrogen-bond acceptors (Lipinski definition) is 5. The van der Waals surface area contributed by atoms with E-state index in [1.807, 2.05) is 0 Å². The molecule has 0 amide bonds. The Morgan fingerprint density at radius 2 is 1.90 bits per heavy atom. The molecule has 7 heteroatoms. The number of aromatic carboxylic acids is 1. The van der Waals surface area contributed by atoms with Crippen LogP contribution in [-0.4, -0.2) is 75.1 Å². The average molecular weight is 279 g/mol. The molecular formula is C13H21N5O2. The van der Waals surface area contributed by atoms with Gasteiger partial charge < -0.3 is 10.0 Å². The minimum absolute atomic E-state index is 0.0248. The first kappa shape index (κ1) is 13.5. The first-order chi connectivity index (χ1) is 9.72. The van der Waals surface area contributed by atoms with Gasteiger partial charge in [0.25, 0.3) is 0 Å². The minimum Gasteiger partial charge on any atom is -0.476 e. The molecule has 0 aliphatic carbocycles. The molecule has 2 saturated heterocycles. The van der Waals surface area contributed by atoms with Crippen molar-refractivity contribution in [2.75, 3.05) is 39.3 Å². The Morgan fingerprint density at radius 3 is 2.55 bits per heavy atom. The van der Waals surface area contributed by atoms with Gasteiger partial charge in [-0.3, -0.25) is 4.90 Å². The Kier molecular flexibility index (Phi) is 3.98. The topological polar surface area (TPSA) is 74.5 Å². The molecule has 7 nitrogen and oxygen atoms in total. The van der Waals surface area contributed by atoms with E-state index in [-0.39, 0.29) is 11.7 Å². The molecule has 0 spiro atoms. The van der Waals surface area contributed by atoms with Crippen molar-refractivity contribution in [1.82, 2.24) is 24.8 Å². The summed E-state index contributed by atoms with van der Waals surface area (Å²) in [5.41, 5.74) is 0.0248. The SMILES string of the molecule is O=C(O)c1cn(C2CN(CCN3CCCCC3)C2)nn1. The molecule has 20 heavy (non-hydrogen) atoms. The lowest BCUT2D eigenvalue weighted by molar-refractivity contribution is 0.0689. The fourth-order valence-corrected chi connectivity index (χ4v) is 2.91. The summed E-state index contributed by atoms with van der Waals surface area (Å²) in [6.07, 6.45) is 5.56. The van der Waals surface area contributed by atoms with E-state index in [1.54, 1.807) is 4.68 Å². The molecule has 2 aliphatic rings. The summed E-state index contributed by atoms with van der Waals surface area (Å²) in [7, 11) is 0. The van der Waals surface area contributed by atoms with Crippen LogP contribution in [0.2, 0.25) is 0 Å². The van der Waals surface area contributed by atoms with E-state index < -0.39 is 5.97 Å². The van der Waals surface area contributed by atoms with Gasteiger partial charge in [-0.2, -0.15) is 0 Å². The number of aromatic nitrogens is 3. The van der Waals surface area contributed by atoms with Crippen molar-refractivity contribution in [3.63, 3.8) is 0 Å². The van der Waals surface area contributed by atoms with Crippen LogP contribution in [0.15, 0.2) is 6.20 Å². The molecule has 0 aromatic carbocycles. The molecule has 110 valence electrons. The Morgan fingerprint density at radius 1 is 1.20 bits per heavy atom. The van der Waals surface area contributed by atoms with Gasteiger partial charge in [-0.05, 0) is 25.9 Å². The highest BCUT2D eigenvalue weighted by Gasteiger charge is 2.29. The molecule has 1 aromatic rings. The standard InChI is InChI=1S/C13H21N5O2/c19-13(20)12-10-18(15-14-12)11-8-17(9-11)7-6-16-4-2-1-3-5-16/h10-11H,1-9H2,(H,19,20). The number of carboxylic acid groups (broad SMARTS) is 1. The van der Waals surface area contributed by atoms with Crippen LogP contribution in [0.4, 0.5) is 0 Å². The molecule has 1 N–H and O–H groups in total. The Labute approximate surface area is 118 Å². The third kappa shape index (κ3) is 2.99. The molecule has 0 radical (unpaired) electrons. The van der Waals surface area contributed by atoms with Gasteiger partial charge in [-0.25, -0.2) is 9.48 Å². The summed E-state index contributed by atoms with van der Waals surface area (Å²) >= 11 is 0. The number of hydrogen-bond donors (Lipinski definition) is 1. The highest BCUT2D eigenvalue weighted by molar-refractivity contribution is 5.84. The molecule has 0 unspecified atom stereocenters. The van der Waals surface area contributed by atoms with Crippen molar-refractivity contribution < 1.29 is 9.90 Å². The van der Waals surface area contributed by atoms with Gasteiger partial charge in [-0.15, -0.1) is 5.10 Å². The number of carboxylic acids is 1. The maximum absolute atomic E-state index is 10.8. The zero-order valence-electron chi connectivity index (χ0n) is 11.6. The average Bonchev–Trinajstić information content (AvgIpc) is 2.88. The van der Waals surface area contributed by atoms with Crippen LogP contribution in [-0.2, 0) is 0 Å². The Hall–Kier alpha value is -1.47. The molecular weight excluding hydrogens is 258 g/mol. The highest BCUT2D eigenvalue weighted by Crippen LogP contribution is 2.20. The predicted molar refractivity (Wildman–Crippen MR) is 72.7 cm³/mol. The summed E-state index contributed by atoms with van der Waals surface area (Å²) in [6.45, 7) is 6.60. The first-order valence-corrected chi connectivity index (χ1v) is 7.32. The van der Waals surface area contributed by atoms with E-state index in [9.17, 15) is 4.79 Å². The second kappa shape index (κ2) is 5.88. The third-order valence-corrected chi connectivity index (χ3v) is 4.22. The van der Waals surface area contributed by atoms with Crippen LogP contribution in [0.25, 0.3) is 0 Å². The lowest BCUT2D eigenvalue weighted by Crippen LogP contribution is -2.50. The van der Waals surface area contributed by atoms with Gasteiger partial charge in [0.2, 0.25) is 0 Å². The first-order valence-electron chi connectivity index (χ1n) is 7.32. The minimum atomic E-state index is -1.02. The summed E-state index contributed by atoms with van der Waals surface area (Å²) in [4.78, 5) is 15.7. The van der Waals surface area contributed by atoms with Crippen molar-refractivity contribution in [2.24, 2.45) is 0 Å². The monoisotopic (exact) mass is 279 g/mol. The zero-order chi connectivity index (χ0) is 13.9. The van der Waals surface area contributed by atoms with Crippen molar-refractivity contribution in [2.45, 2.75) is 25.3 Å². The lowest BCUT2D eigenvalue weighted by Gasteiger charge is -2.40. The molecule has 0 bridgehead atoms.